The molecular formula is C19H14ClN5. The lowest BCUT2D eigenvalue weighted by Crippen LogP contribution is -1.95. The summed E-state index contributed by atoms with van der Waals surface area (Å²) in [4.78, 5) is 12.5. The summed E-state index contributed by atoms with van der Waals surface area (Å²) < 4.78 is 0. The molecule has 0 saturated heterocycles. The first-order valence-electron chi connectivity index (χ1n) is 7.68. The van der Waals surface area contributed by atoms with Crippen LogP contribution in [-0.2, 0) is 0 Å². The second-order valence-corrected chi connectivity index (χ2v) is 5.99. The first kappa shape index (κ1) is 15.4. The maximum atomic E-state index is 6.07. The molecule has 122 valence electrons. The van der Waals surface area contributed by atoms with Crippen LogP contribution in [-0.4, -0.2) is 15.0 Å². The van der Waals surface area contributed by atoms with Crippen molar-refractivity contribution in [2.75, 3.05) is 11.1 Å². The Hall–Kier alpha value is -3.18. The number of pyridine rings is 1. The van der Waals surface area contributed by atoms with Crippen LogP contribution in [0.1, 0.15) is 0 Å². The Kier molecular flexibility index (Phi) is 3.91. The van der Waals surface area contributed by atoms with Crippen LogP contribution in [0.5, 0.6) is 0 Å². The molecule has 25 heavy (non-hydrogen) atoms. The maximum Gasteiger partial charge on any atom is 0.219 e. The number of nitrogens with one attached hydrogen (secondary N) is 1. The van der Waals surface area contributed by atoms with Gasteiger partial charge in [-0.25, -0.2) is 9.97 Å². The van der Waals surface area contributed by atoms with Gasteiger partial charge in [0.15, 0.2) is 0 Å². The summed E-state index contributed by atoms with van der Waals surface area (Å²) in [6.45, 7) is 0. The van der Waals surface area contributed by atoms with Gasteiger partial charge in [0, 0.05) is 45.9 Å². The van der Waals surface area contributed by atoms with Gasteiger partial charge in [-0.1, -0.05) is 23.7 Å². The highest BCUT2D eigenvalue weighted by molar-refractivity contribution is 6.30. The Bertz CT molecular complexity index is 1050. The third kappa shape index (κ3) is 3.22. The molecule has 0 atom stereocenters. The Morgan fingerprint density at radius 2 is 1.72 bits per heavy atom. The third-order valence-corrected chi connectivity index (χ3v) is 4.09. The summed E-state index contributed by atoms with van der Waals surface area (Å²) in [5.74, 6) is 0.259. The van der Waals surface area contributed by atoms with Crippen LogP contribution in [0.15, 0.2) is 67.1 Å². The highest BCUT2D eigenvalue weighted by atomic mass is 35.5. The van der Waals surface area contributed by atoms with E-state index in [9.17, 15) is 0 Å². The Balaban J connectivity index is 1.79. The molecule has 4 aromatic rings. The molecule has 0 saturated carbocycles. The number of aromatic nitrogens is 3. The van der Waals surface area contributed by atoms with E-state index >= 15 is 0 Å². The van der Waals surface area contributed by atoms with Crippen molar-refractivity contribution < 1.29 is 0 Å². The van der Waals surface area contributed by atoms with Gasteiger partial charge < -0.3 is 11.1 Å². The van der Waals surface area contributed by atoms with E-state index in [1.165, 1.54) is 0 Å². The molecule has 2 aromatic carbocycles. The van der Waals surface area contributed by atoms with Crippen LogP contribution in [0.25, 0.3) is 22.0 Å². The minimum absolute atomic E-state index is 0.259. The number of nitrogens with two attached hydrogens (primary N) is 1. The van der Waals surface area contributed by atoms with Gasteiger partial charge in [-0.3, -0.25) is 4.98 Å². The lowest BCUT2D eigenvalue weighted by atomic mass is 10.0. The fourth-order valence-corrected chi connectivity index (χ4v) is 2.83. The molecule has 0 unspecified atom stereocenters. The second kappa shape index (κ2) is 6.37. The van der Waals surface area contributed by atoms with Gasteiger partial charge in [0.1, 0.15) is 0 Å². The number of benzene rings is 2. The molecule has 6 heteroatoms. The second-order valence-electron chi connectivity index (χ2n) is 5.56. The summed E-state index contributed by atoms with van der Waals surface area (Å²) in [7, 11) is 0. The summed E-state index contributed by atoms with van der Waals surface area (Å²) in [5.41, 5.74) is 10.2. The van der Waals surface area contributed by atoms with Gasteiger partial charge in [0.25, 0.3) is 0 Å². The summed E-state index contributed by atoms with van der Waals surface area (Å²) in [6, 6.07) is 15.6. The number of fused-ring (bicyclic) bond motifs is 1. The van der Waals surface area contributed by atoms with Gasteiger partial charge in [0.2, 0.25) is 5.95 Å². The Morgan fingerprint density at radius 3 is 2.52 bits per heavy atom. The standard InChI is InChI=1S/C19H14ClN5/c20-14-2-1-3-15(9-14)25-18-6-7-22-17-5-4-12(8-16(17)18)13-10-23-19(21)24-11-13/h1-11H,(H,22,25)(H2,21,23,24). The molecule has 3 N–H and O–H groups in total. The zero-order chi connectivity index (χ0) is 17.2. The molecule has 4 rings (SSSR count). The van der Waals surface area contributed by atoms with Gasteiger partial charge in [-0.15, -0.1) is 0 Å². The number of hydrogen-bond donors (Lipinski definition) is 2. The number of hydrogen-bond acceptors (Lipinski definition) is 5. The van der Waals surface area contributed by atoms with Gasteiger partial charge in [0.05, 0.1) is 5.52 Å². The number of anilines is 3. The monoisotopic (exact) mass is 347 g/mol. The number of nitrogen functional groups attached to an aromatic ring is 1. The number of nitrogens with zero attached hydrogens (tertiary/aromatic N) is 3. The van der Waals surface area contributed by atoms with E-state index in [-0.39, 0.29) is 5.95 Å². The summed E-state index contributed by atoms with van der Waals surface area (Å²) in [6.07, 6.45) is 5.20. The lowest BCUT2D eigenvalue weighted by Gasteiger charge is -2.11. The van der Waals surface area contributed by atoms with Crippen molar-refractivity contribution in [3.63, 3.8) is 0 Å². The predicted molar refractivity (Wildman–Crippen MR) is 102 cm³/mol. The predicted octanol–water partition coefficient (Wildman–Crippen LogP) is 4.67. The average Bonchev–Trinajstić information content (AvgIpc) is 2.62. The highest BCUT2D eigenvalue weighted by Gasteiger charge is 2.06. The van der Waals surface area contributed by atoms with Crippen molar-refractivity contribution in [3.05, 3.63) is 72.1 Å². The molecule has 2 aromatic heterocycles. The van der Waals surface area contributed by atoms with Crippen molar-refractivity contribution in [1.82, 2.24) is 15.0 Å². The molecule has 0 amide bonds. The third-order valence-electron chi connectivity index (χ3n) is 3.85. The van der Waals surface area contributed by atoms with Gasteiger partial charge >= 0.3 is 0 Å². The van der Waals surface area contributed by atoms with Crippen molar-refractivity contribution in [2.24, 2.45) is 0 Å². The first-order chi connectivity index (χ1) is 12.2. The van der Waals surface area contributed by atoms with E-state index in [2.05, 4.69) is 26.3 Å². The normalized spacial score (nSPS) is 10.8. The topological polar surface area (TPSA) is 76.7 Å². The average molecular weight is 348 g/mol. The smallest absolute Gasteiger partial charge is 0.219 e. The maximum absolute atomic E-state index is 6.07. The highest BCUT2D eigenvalue weighted by Crippen LogP contribution is 2.30. The fraction of sp³-hybridized carbons (Fsp3) is 0. The summed E-state index contributed by atoms with van der Waals surface area (Å²) >= 11 is 6.07. The SMILES string of the molecule is Nc1ncc(-c2ccc3nccc(Nc4cccc(Cl)c4)c3c2)cn1. The van der Waals surface area contributed by atoms with E-state index in [0.29, 0.717) is 5.02 Å². The zero-order valence-electron chi connectivity index (χ0n) is 13.1. The van der Waals surface area contributed by atoms with Crippen LogP contribution in [0.4, 0.5) is 17.3 Å². The number of halogens is 1. The summed E-state index contributed by atoms with van der Waals surface area (Å²) in [5, 5.41) is 5.08. The Morgan fingerprint density at radius 1 is 0.880 bits per heavy atom. The van der Waals surface area contributed by atoms with Crippen molar-refractivity contribution in [3.8, 4) is 11.1 Å². The molecule has 0 aliphatic rings. The lowest BCUT2D eigenvalue weighted by molar-refractivity contribution is 1.19. The molecule has 0 spiro atoms. The minimum atomic E-state index is 0.259. The molecule has 5 nitrogen and oxygen atoms in total. The van der Waals surface area contributed by atoms with Crippen LogP contribution in [0.3, 0.4) is 0 Å². The molecule has 0 aliphatic heterocycles. The van der Waals surface area contributed by atoms with E-state index in [0.717, 1.165) is 33.4 Å². The quantitative estimate of drug-likeness (QED) is 0.563. The van der Waals surface area contributed by atoms with E-state index < -0.39 is 0 Å². The Labute approximate surface area is 149 Å². The zero-order valence-corrected chi connectivity index (χ0v) is 13.9. The molecule has 0 fully saturated rings. The van der Waals surface area contributed by atoms with Crippen LogP contribution in [0, 0.1) is 0 Å². The number of rotatable bonds is 3. The van der Waals surface area contributed by atoms with Gasteiger partial charge in [-0.2, -0.15) is 0 Å². The molecule has 0 aliphatic carbocycles. The van der Waals surface area contributed by atoms with Crippen LogP contribution < -0.4 is 11.1 Å². The fourth-order valence-electron chi connectivity index (χ4n) is 2.64. The van der Waals surface area contributed by atoms with Crippen molar-refractivity contribution in [2.45, 2.75) is 0 Å². The largest absolute Gasteiger partial charge is 0.368 e. The van der Waals surface area contributed by atoms with Gasteiger partial charge in [-0.05, 0) is 42.0 Å². The minimum Gasteiger partial charge on any atom is -0.368 e. The van der Waals surface area contributed by atoms with E-state index in [1.807, 2.05) is 42.5 Å². The first-order valence-corrected chi connectivity index (χ1v) is 8.06. The molecular weight excluding hydrogens is 334 g/mol. The molecule has 0 radical (unpaired) electrons. The molecule has 0 bridgehead atoms. The van der Waals surface area contributed by atoms with Crippen molar-refractivity contribution >= 4 is 39.8 Å². The van der Waals surface area contributed by atoms with Crippen LogP contribution in [0.2, 0.25) is 5.02 Å². The van der Waals surface area contributed by atoms with E-state index in [1.54, 1.807) is 18.6 Å². The van der Waals surface area contributed by atoms with Crippen LogP contribution >= 0.6 is 11.6 Å². The molecule has 2 heterocycles. The van der Waals surface area contributed by atoms with Crippen molar-refractivity contribution in [1.29, 1.82) is 0 Å². The van der Waals surface area contributed by atoms with E-state index in [4.69, 9.17) is 17.3 Å².